The van der Waals surface area contributed by atoms with Crippen molar-refractivity contribution in [3.63, 3.8) is 0 Å². The van der Waals surface area contributed by atoms with E-state index >= 15 is 0 Å². The third-order valence-electron chi connectivity index (χ3n) is 4.97. The molecule has 0 spiro atoms. The van der Waals surface area contributed by atoms with Gasteiger partial charge in [-0.25, -0.2) is 0 Å². The molecule has 1 aromatic rings. The molecule has 1 atom stereocenters. The first-order chi connectivity index (χ1) is 9.62. The second kappa shape index (κ2) is 5.49. The lowest BCUT2D eigenvalue weighted by Gasteiger charge is -2.31. The molecule has 1 aliphatic heterocycles. The lowest BCUT2D eigenvalue weighted by molar-refractivity contribution is -0.132. The molecular formula is C16H24N2OS. The number of aryl methyl sites for hydroxylation is 2. The van der Waals surface area contributed by atoms with Crippen molar-refractivity contribution in [3.05, 3.63) is 21.4 Å². The fourth-order valence-corrected chi connectivity index (χ4v) is 4.68. The number of hydrogen-bond acceptors (Lipinski definition) is 3. The average molecular weight is 292 g/mol. The maximum Gasteiger partial charge on any atom is 0.228 e. The molecule has 1 aliphatic carbocycles. The van der Waals surface area contributed by atoms with Crippen molar-refractivity contribution in [2.45, 2.75) is 46.1 Å². The van der Waals surface area contributed by atoms with Crippen LogP contribution in [0.5, 0.6) is 0 Å². The average Bonchev–Trinajstić information content (AvgIpc) is 3.10. The first kappa shape index (κ1) is 14.1. The van der Waals surface area contributed by atoms with Crippen LogP contribution < -0.4 is 10.6 Å². The fourth-order valence-electron chi connectivity index (χ4n) is 3.48. The number of carbonyl (C=O) groups excluding carboxylic acids is 1. The Labute approximate surface area is 125 Å². The van der Waals surface area contributed by atoms with E-state index in [0.29, 0.717) is 12.5 Å². The zero-order chi connectivity index (χ0) is 14.2. The number of hydrogen-bond donors (Lipinski definition) is 2. The molecule has 1 unspecified atom stereocenters. The molecule has 2 N–H and O–H groups in total. The Morgan fingerprint density at radius 2 is 2.35 bits per heavy atom. The van der Waals surface area contributed by atoms with Gasteiger partial charge in [-0.2, -0.15) is 0 Å². The predicted octanol–water partition coefficient (Wildman–Crippen LogP) is 2.49. The molecule has 4 heteroatoms. The SMILES string of the molecule is CC(C)C1(C(=O)NCc2cc3c(s2)CCC3)CCNC1. The van der Waals surface area contributed by atoms with Crippen LogP contribution in [-0.4, -0.2) is 19.0 Å². The molecule has 0 aromatic carbocycles. The Balaban J connectivity index is 1.63. The highest BCUT2D eigenvalue weighted by Gasteiger charge is 2.43. The third kappa shape index (κ3) is 2.40. The van der Waals surface area contributed by atoms with Crippen LogP contribution in [0.15, 0.2) is 6.07 Å². The van der Waals surface area contributed by atoms with Gasteiger partial charge in [0.2, 0.25) is 5.91 Å². The van der Waals surface area contributed by atoms with Crippen molar-refractivity contribution >= 4 is 17.2 Å². The third-order valence-corrected chi connectivity index (χ3v) is 6.20. The maximum absolute atomic E-state index is 12.6. The second-order valence-electron chi connectivity index (χ2n) is 6.43. The van der Waals surface area contributed by atoms with E-state index in [-0.39, 0.29) is 11.3 Å². The van der Waals surface area contributed by atoms with Crippen molar-refractivity contribution in [2.75, 3.05) is 13.1 Å². The number of carbonyl (C=O) groups is 1. The number of thiophene rings is 1. The van der Waals surface area contributed by atoms with Crippen LogP contribution in [-0.2, 0) is 24.2 Å². The molecule has 0 bridgehead atoms. The van der Waals surface area contributed by atoms with Crippen molar-refractivity contribution < 1.29 is 4.79 Å². The topological polar surface area (TPSA) is 41.1 Å². The lowest BCUT2D eigenvalue weighted by atomic mass is 9.75. The van der Waals surface area contributed by atoms with Crippen molar-refractivity contribution in [1.82, 2.24) is 10.6 Å². The molecule has 1 fully saturated rings. The summed E-state index contributed by atoms with van der Waals surface area (Å²) in [6.07, 6.45) is 4.71. The summed E-state index contributed by atoms with van der Waals surface area (Å²) in [5.74, 6) is 0.608. The molecule has 110 valence electrons. The quantitative estimate of drug-likeness (QED) is 0.895. The monoisotopic (exact) mass is 292 g/mol. The highest BCUT2D eigenvalue weighted by atomic mass is 32.1. The van der Waals surface area contributed by atoms with Crippen LogP contribution in [0.4, 0.5) is 0 Å². The number of amides is 1. The minimum atomic E-state index is -0.208. The van der Waals surface area contributed by atoms with E-state index in [2.05, 4.69) is 30.5 Å². The van der Waals surface area contributed by atoms with Gasteiger partial charge in [-0.05, 0) is 49.8 Å². The van der Waals surface area contributed by atoms with Crippen LogP contribution in [0.1, 0.15) is 42.0 Å². The molecule has 1 amide bonds. The van der Waals surface area contributed by atoms with Gasteiger partial charge in [-0.1, -0.05) is 13.8 Å². The van der Waals surface area contributed by atoms with Crippen molar-refractivity contribution in [1.29, 1.82) is 0 Å². The lowest BCUT2D eigenvalue weighted by Crippen LogP contribution is -2.45. The Kier molecular flexibility index (Phi) is 3.87. The van der Waals surface area contributed by atoms with Crippen molar-refractivity contribution in [3.8, 4) is 0 Å². The first-order valence-corrected chi connectivity index (χ1v) is 8.53. The molecule has 0 radical (unpaired) electrons. The Morgan fingerprint density at radius 1 is 1.50 bits per heavy atom. The molecule has 20 heavy (non-hydrogen) atoms. The smallest absolute Gasteiger partial charge is 0.228 e. The molecule has 2 aliphatic rings. The summed E-state index contributed by atoms with van der Waals surface area (Å²) in [5, 5.41) is 6.53. The van der Waals surface area contributed by atoms with Crippen LogP contribution in [0.3, 0.4) is 0 Å². The zero-order valence-electron chi connectivity index (χ0n) is 12.4. The van der Waals surface area contributed by atoms with Gasteiger partial charge in [0.15, 0.2) is 0 Å². The summed E-state index contributed by atoms with van der Waals surface area (Å²) in [7, 11) is 0. The van der Waals surface area contributed by atoms with E-state index in [4.69, 9.17) is 0 Å². The van der Waals surface area contributed by atoms with E-state index in [0.717, 1.165) is 19.5 Å². The van der Waals surface area contributed by atoms with Gasteiger partial charge in [-0.15, -0.1) is 11.3 Å². The molecule has 2 heterocycles. The first-order valence-electron chi connectivity index (χ1n) is 7.71. The molecule has 1 saturated heterocycles. The van der Waals surface area contributed by atoms with E-state index in [1.807, 2.05) is 11.3 Å². The molecular weight excluding hydrogens is 268 g/mol. The van der Waals surface area contributed by atoms with Crippen LogP contribution >= 0.6 is 11.3 Å². The van der Waals surface area contributed by atoms with Gasteiger partial charge in [0, 0.05) is 16.3 Å². The van der Waals surface area contributed by atoms with Gasteiger partial charge < -0.3 is 10.6 Å². The largest absolute Gasteiger partial charge is 0.351 e. The summed E-state index contributed by atoms with van der Waals surface area (Å²) in [6.45, 7) is 6.79. The summed E-state index contributed by atoms with van der Waals surface area (Å²) in [4.78, 5) is 15.5. The van der Waals surface area contributed by atoms with E-state index in [9.17, 15) is 4.79 Å². The van der Waals surface area contributed by atoms with E-state index in [1.165, 1.54) is 34.6 Å². The molecule has 0 saturated carbocycles. The van der Waals surface area contributed by atoms with Crippen molar-refractivity contribution in [2.24, 2.45) is 11.3 Å². The molecule has 3 nitrogen and oxygen atoms in total. The van der Waals surface area contributed by atoms with Gasteiger partial charge >= 0.3 is 0 Å². The minimum absolute atomic E-state index is 0.208. The predicted molar refractivity (Wildman–Crippen MR) is 82.9 cm³/mol. The summed E-state index contributed by atoms with van der Waals surface area (Å²) in [6, 6.07) is 2.29. The fraction of sp³-hybridized carbons (Fsp3) is 0.688. The summed E-state index contributed by atoms with van der Waals surface area (Å²) >= 11 is 1.88. The minimum Gasteiger partial charge on any atom is -0.351 e. The summed E-state index contributed by atoms with van der Waals surface area (Å²) in [5.41, 5.74) is 1.31. The standard InChI is InChI=1S/C16H24N2OS/c1-11(2)16(6-7-17-10-16)15(19)18-9-13-8-12-4-3-5-14(12)20-13/h8,11,17H,3-7,9-10H2,1-2H3,(H,18,19). The second-order valence-corrected chi connectivity index (χ2v) is 7.66. The van der Waals surface area contributed by atoms with Crippen LogP contribution in [0.2, 0.25) is 0 Å². The highest BCUT2D eigenvalue weighted by molar-refractivity contribution is 7.12. The van der Waals surface area contributed by atoms with Crippen LogP contribution in [0, 0.1) is 11.3 Å². The van der Waals surface area contributed by atoms with Gasteiger partial charge in [0.25, 0.3) is 0 Å². The number of fused-ring (bicyclic) bond motifs is 1. The summed E-state index contributed by atoms with van der Waals surface area (Å²) < 4.78 is 0. The maximum atomic E-state index is 12.6. The zero-order valence-corrected chi connectivity index (χ0v) is 13.2. The Bertz CT molecular complexity index is 479. The van der Waals surface area contributed by atoms with Crippen LogP contribution in [0.25, 0.3) is 0 Å². The Hall–Kier alpha value is -0.870. The highest BCUT2D eigenvalue weighted by Crippen LogP contribution is 2.35. The van der Waals surface area contributed by atoms with E-state index < -0.39 is 0 Å². The Morgan fingerprint density at radius 3 is 3.00 bits per heavy atom. The van der Waals surface area contributed by atoms with Gasteiger partial charge in [0.1, 0.15) is 0 Å². The molecule has 3 rings (SSSR count). The number of nitrogens with one attached hydrogen (secondary N) is 2. The normalized spacial score (nSPS) is 25.1. The molecule has 1 aromatic heterocycles. The van der Waals surface area contributed by atoms with E-state index in [1.54, 1.807) is 0 Å². The number of rotatable bonds is 4. The van der Waals surface area contributed by atoms with Gasteiger partial charge in [-0.3, -0.25) is 4.79 Å². The van der Waals surface area contributed by atoms with Gasteiger partial charge in [0.05, 0.1) is 12.0 Å².